The quantitative estimate of drug-likeness (QED) is 0.778. The Kier molecular flexibility index (Phi) is 2.03. The lowest BCUT2D eigenvalue weighted by atomic mass is 10.1. The van der Waals surface area contributed by atoms with Gasteiger partial charge in [0.15, 0.2) is 0 Å². The summed E-state index contributed by atoms with van der Waals surface area (Å²) in [5, 5.41) is 9.28. The first kappa shape index (κ1) is 9.21. The van der Waals surface area contributed by atoms with Crippen molar-refractivity contribution < 1.29 is 4.52 Å². The Balaban J connectivity index is 2.75. The van der Waals surface area contributed by atoms with Gasteiger partial charge in [0.25, 0.3) is 5.71 Å². The molecule has 0 radical (unpaired) electrons. The predicted octanol–water partition coefficient (Wildman–Crippen LogP) is 1.14. The number of aromatic nitrogens is 3. The summed E-state index contributed by atoms with van der Waals surface area (Å²) in [6, 6.07) is 0. The Morgan fingerprint density at radius 1 is 1.50 bits per heavy atom. The number of nitrogens with two attached hydrogens (primary N) is 1. The van der Waals surface area contributed by atoms with E-state index in [2.05, 4.69) is 24.1 Å². The van der Waals surface area contributed by atoms with Gasteiger partial charge < -0.3 is 10.3 Å². The summed E-state index contributed by atoms with van der Waals surface area (Å²) in [6.45, 7) is 4.56. The van der Waals surface area contributed by atoms with E-state index in [1.165, 1.54) is 0 Å². The molecule has 14 heavy (non-hydrogen) atoms. The van der Waals surface area contributed by atoms with Gasteiger partial charge in [-0.05, 0) is 5.92 Å². The summed E-state index contributed by atoms with van der Waals surface area (Å²) in [4.78, 5) is 0. The summed E-state index contributed by atoms with van der Waals surface area (Å²) in [6.07, 6.45) is 0. The standard InChI is InChI=1S/C9H14N4O/c1-5(2)8-7-6(4-10)11-13(3)9(7)14-12-8/h5H,4,10H2,1-3H3. The molecule has 0 saturated carbocycles. The Labute approximate surface area is 81.9 Å². The van der Waals surface area contributed by atoms with Gasteiger partial charge in [-0.3, -0.25) is 0 Å². The Hall–Kier alpha value is -1.36. The van der Waals surface area contributed by atoms with Crippen LogP contribution >= 0.6 is 0 Å². The van der Waals surface area contributed by atoms with Crippen LogP contribution in [0.4, 0.5) is 0 Å². The minimum Gasteiger partial charge on any atom is -0.336 e. The zero-order valence-electron chi connectivity index (χ0n) is 8.61. The van der Waals surface area contributed by atoms with Crippen molar-refractivity contribution in [1.82, 2.24) is 14.9 Å². The van der Waals surface area contributed by atoms with Crippen LogP contribution in [-0.4, -0.2) is 14.9 Å². The van der Waals surface area contributed by atoms with Crippen LogP contribution in [0.3, 0.4) is 0 Å². The molecule has 0 bridgehead atoms. The van der Waals surface area contributed by atoms with Crippen LogP contribution in [-0.2, 0) is 13.6 Å². The van der Waals surface area contributed by atoms with Crippen molar-refractivity contribution >= 4 is 11.1 Å². The number of hydrogen-bond acceptors (Lipinski definition) is 4. The minimum absolute atomic E-state index is 0.325. The highest BCUT2D eigenvalue weighted by atomic mass is 16.5. The molecule has 0 aromatic carbocycles. The highest BCUT2D eigenvalue weighted by Crippen LogP contribution is 2.26. The lowest BCUT2D eigenvalue weighted by Crippen LogP contribution is -2.00. The third kappa shape index (κ3) is 1.13. The fourth-order valence-electron chi connectivity index (χ4n) is 1.60. The summed E-state index contributed by atoms with van der Waals surface area (Å²) in [5.74, 6) is 0.325. The highest BCUT2D eigenvalue weighted by molar-refractivity contribution is 5.80. The SMILES string of the molecule is CC(C)c1noc2c1c(CN)nn2C. The normalized spacial score (nSPS) is 11.8. The second-order valence-corrected chi connectivity index (χ2v) is 3.68. The molecule has 0 aliphatic rings. The van der Waals surface area contributed by atoms with Crippen molar-refractivity contribution in [2.24, 2.45) is 12.8 Å². The van der Waals surface area contributed by atoms with E-state index in [0.29, 0.717) is 18.2 Å². The van der Waals surface area contributed by atoms with Gasteiger partial charge in [0, 0.05) is 13.6 Å². The van der Waals surface area contributed by atoms with Crippen LogP contribution in [0, 0.1) is 0 Å². The topological polar surface area (TPSA) is 69.9 Å². The van der Waals surface area contributed by atoms with Gasteiger partial charge in [-0.1, -0.05) is 19.0 Å². The second-order valence-electron chi connectivity index (χ2n) is 3.68. The molecule has 0 amide bonds. The molecule has 76 valence electrons. The molecule has 0 atom stereocenters. The molecule has 5 heteroatoms. The summed E-state index contributed by atoms with van der Waals surface area (Å²) < 4.78 is 6.90. The van der Waals surface area contributed by atoms with Gasteiger partial charge in [0.1, 0.15) is 0 Å². The molecule has 2 N–H and O–H groups in total. The number of hydrogen-bond donors (Lipinski definition) is 1. The summed E-state index contributed by atoms with van der Waals surface area (Å²) in [7, 11) is 1.83. The first-order valence-electron chi connectivity index (χ1n) is 4.66. The number of fused-ring (bicyclic) bond motifs is 1. The minimum atomic E-state index is 0.325. The van der Waals surface area contributed by atoms with Crippen molar-refractivity contribution in [3.8, 4) is 0 Å². The van der Waals surface area contributed by atoms with Crippen molar-refractivity contribution in [2.45, 2.75) is 26.3 Å². The van der Waals surface area contributed by atoms with Crippen molar-refractivity contribution in [3.63, 3.8) is 0 Å². The highest BCUT2D eigenvalue weighted by Gasteiger charge is 2.19. The first-order chi connectivity index (χ1) is 6.65. The molecule has 0 aliphatic heterocycles. The first-order valence-corrected chi connectivity index (χ1v) is 4.66. The lowest BCUT2D eigenvalue weighted by molar-refractivity contribution is 0.420. The van der Waals surface area contributed by atoms with E-state index in [9.17, 15) is 0 Å². The van der Waals surface area contributed by atoms with Gasteiger partial charge in [-0.2, -0.15) is 5.10 Å². The van der Waals surface area contributed by atoms with Crippen LogP contribution in [0.25, 0.3) is 11.1 Å². The molecule has 0 fully saturated rings. The monoisotopic (exact) mass is 194 g/mol. The molecule has 0 saturated heterocycles. The summed E-state index contributed by atoms with van der Waals surface area (Å²) in [5.41, 5.74) is 8.11. The maximum absolute atomic E-state index is 5.61. The molecule has 5 nitrogen and oxygen atoms in total. The average Bonchev–Trinajstić information content (AvgIpc) is 2.67. The van der Waals surface area contributed by atoms with Gasteiger partial charge in [-0.15, -0.1) is 0 Å². The van der Waals surface area contributed by atoms with Gasteiger partial charge in [0.2, 0.25) is 0 Å². The van der Waals surface area contributed by atoms with Gasteiger partial charge >= 0.3 is 0 Å². The molecule has 0 aliphatic carbocycles. The van der Waals surface area contributed by atoms with E-state index < -0.39 is 0 Å². The van der Waals surface area contributed by atoms with Gasteiger partial charge in [-0.25, -0.2) is 4.68 Å². The maximum Gasteiger partial charge on any atom is 0.256 e. The van der Waals surface area contributed by atoms with E-state index in [4.69, 9.17) is 10.3 Å². The van der Waals surface area contributed by atoms with Crippen LogP contribution in [0.1, 0.15) is 31.2 Å². The van der Waals surface area contributed by atoms with Crippen molar-refractivity contribution in [1.29, 1.82) is 0 Å². The smallest absolute Gasteiger partial charge is 0.256 e. The van der Waals surface area contributed by atoms with Crippen molar-refractivity contribution in [3.05, 3.63) is 11.4 Å². The molecule has 0 spiro atoms. The summed E-state index contributed by atoms with van der Waals surface area (Å²) >= 11 is 0. The van der Waals surface area contributed by atoms with Crippen LogP contribution < -0.4 is 5.73 Å². The molecular weight excluding hydrogens is 180 g/mol. The molecule has 2 aromatic rings. The number of aryl methyl sites for hydroxylation is 1. The molecule has 2 aromatic heterocycles. The molecule has 2 rings (SSSR count). The Morgan fingerprint density at radius 2 is 2.21 bits per heavy atom. The average molecular weight is 194 g/mol. The van der Waals surface area contributed by atoms with E-state index in [1.54, 1.807) is 4.68 Å². The molecule has 0 unspecified atom stereocenters. The lowest BCUT2D eigenvalue weighted by Gasteiger charge is -1.97. The fourth-order valence-corrected chi connectivity index (χ4v) is 1.60. The second kappa shape index (κ2) is 3.09. The third-order valence-corrected chi connectivity index (χ3v) is 2.29. The zero-order chi connectivity index (χ0) is 10.3. The third-order valence-electron chi connectivity index (χ3n) is 2.29. The Bertz CT molecular complexity index is 455. The fraction of sp³-hybridized carbons (Fsp3) is 0.556. The van der Waals surface area contributed by atoms with Crippen LogP contribution in [0.5, 0.6) is 0 Å². The van der Waals surface area contributed by atoms with E-state index in [-0.39, 0.29) is 0 Å². The molecule has 2 heterocycles. The van der Waals surface area contributed by atoms with Gasteiger partial charge in [0.05, 0.1) is 16.8 Å². The van der Waals surface area contributed by atoms with E-state index in [0.717, 1.165) is 16.8 Å². The number of nitrogens with zero attached hydrogens (tertiary/aromatic N) is 3. The predicted molar refractivity (Wildman–Crippen MR) is 52.8 cm³/mol. The Morgan fingerprint density at radius 3 is 2.79 bits per heavy atom. The maximum atomic E-state index is 5.61. The van der Waals surface area contributed by atoms with Crippen LogP contribution in [0.2, 0.25) is 0 Å². The largest absolute Gasteiger partial charge is 0.336 e. The van der Waals surface area contributed by atoms with E-state index >= 15 is 0 Å². The van der Waals surface area contributed by atoms with Crippen LogP contribution in [0.15, 0.2) is 4.52 Å². The van der Waals surface area contributed by atoms with E-state index in [1.807, 2.05) is 7.05 Å². The van der Waals surface area contributed by atoms with Crippen molar-refractivity contribution in [2.75, 3.05) is 0 Å². The molecular formula is C9H14N4O. The number of rotatable bonds is 2. The zero-order valence-corrected chi connectivity index (χ0v) is 8.61.